The van der Waals surface area contributed by atoms with Gasteiger partial charge in [-0.3, -0.25) is 4.98 Å². The number of hydrogen-bond donors (Lipinski definition) is 0. The molecular formula is C76H84F4N8O. The zero-order valence-electron chi connectivity index (χ0n) is 58.5. The van der Waals surface area contributed by atoms with Crippen molar-refractivity contribution in [3.05, 3.63) is 307 Å². The summed E-state index contributed by atoms with van der Waals surface area (Å²) in [5, 5.41) is 12.6. The smallest absolute Gasteiger partial charge is 0.213 e. The Hall–Kier alpha value is -9.62. The molecule has 462 valence electrons. The van der Waals surface area contributed by atoms with E-state index in [-0.39, 0.29) is 24.2 Å². The maximum atomic E-state index is 12.7. The summed E-state index contributed by atoms with van der Waals surface area (Å²) >= 11 is 0. The molecule has 0 bridgehead atoms. The van der Waals surface area contributed by atoms with Crippen LogP contribution in [0.5, 0.6) is 0 Å². The van der Waals surface area contributed by atoms with E-state index in [0.29, 0.717) is 22.9 Å². The summed E-state index contributed by atoms with van der Waals surface area (Å²) in [5.74, 6) is -0.968. The first-order valence-electron chi connectivity index (χ1n) is 30.8. The monoisotopic (exact) mass is 1200 g/mol. The quantitative estimate of drug-likeness (QED) is 0.117. The minimum Gasteiger partial charge on any atom is -0.426 e. The van der Waals surface area contributed by atoms with E-state index < -0.39 is 34.4 Å². The number of aromatic nitrogens is 8. The van der Waals surface area contributed by atoms with Crippen molar-refractivity contribution in [1.82, 2.24) is 40.1 Å². The van der Waals surface area contributed by atoms with Crippen LogP contribution in [0.15, 0.2) is 187 Å². The lowest BCUT2D eigenvalue weighted by Crippen LogP contribution is -2.02. The summed E-state index contributed by atoms with van der Waals surface area (Å²) < 4.78 is 85.2. The molecule has 12 aromatic rings. The van der Waals surface area contributed by atoms with Crippen LogP contribution < -0.4 is 0 Å². The lowest BCUT2D eigenvalue weighted by molar-refractivity contribution is 0.436. The van der Waals surface area contributed by atoms with Gasteiger partial charge in [0.2, 0.25) is 11.8 Å². The molecule has 9 nitrogen and oxygen atoms in total. The Bertz CT molecular complexity index is 3780. The second-order valence-electron chi connectivity index (χ2n) is 21.3. The molecule has 89 heavy (non-hydrogen) atoms. The van der Waals surface area contributed by atoms with Gasteiger partial charge in [-0.25, -0.2) is 42.5 Å². The Balaban J connectivity index is 0.000000225. The average Bonchev–Trinajstić information content (AvgIpc) is 1.09. The van der Waals surface area contributed by atoms with E-state index in [1.54, 1.807) is 27.7 Å². The normalized spacial score (nSPS) is 10.5. The third-order valence-electron chi connectivity index (χ3n) is 12.8. The second kappa shape index (κ2) is 36.5. The highest BCUT2D eigenvalue weighted by Gasteiger charge is 2.19. The summed E-state index contributed by atoms with van der Waals surface area (Å²) in [6.45, 7) is 33.1. The highest BCUT2D eigenvalue weighted by molar-refractivity contribution is 5.88. The number of halogens is 4. The summed E-state index contributed by atoms with van der Waals surface area (Å²) in [6.07, 6.45) is 5.49. The molecule has 4 aromatic heterocycles. The van der Waals surface area contributed by atoms with Crippen LogP contribution in [0.4, 0.5) is 17.6 Å². The number of nitrogens with zero attached hydrogens (tertiary/aromatic N) is 8. The predicted molar refractivity (Wildman–Crippen MR) is 358 cm³/mol. The van der Waals surface area contributed by atoms with Crippen molar-refractivity contribution < 1.29 is 27.5 Å². The summed E-state index contributed by atoms with van der Waals surface area (Å²) in [7, 11) is 0. The molecule has 0 aliphatic rings. The Kier molecular flexibility index (Phi) is 26.8. The maximum Gasteiger partial charge on any atom is 0.213 e. The van der Waals surface area contributed by atoms with Crippen LogP contribution in [0, 0.1) is 148 Å². The van der Waals surface area contributed by atoms with Crippen LogP contribution in [0.3, 0.4) is 0 Å². The summed E-state index contributed by atoms with van der Waals surface area (Å²) in [6, 6.07) is 48.7. The van der Waals surface area contributed by atoms with Crippen LogP contribution in [0.1, 0.15) is 107 Å². The van der Waals surface area contributed by atoms with Gasteiger partial charge in [-0.1, -0.05) is 191 Å². The van der Waals surface area contributed by atoms with Gasteiger partial charge >= 0.3 is 0 Å². The zero-order chi connectivity index (χ0) is 69.2. The van der Waals surface area contributed by atoms with Gasteiger partial charge in [0.1, 0.15) is 17.5 Å². The molecule has 12 rings (SSSR count). The van der Waals surface area contributed by atoms with E-state index in [2.05, 4.69) is 185 Å². The van der Waals surface area contributed by atoms with Gasteiger partial charge in [-0.2, -0.15) is 0 Å². The molecular weight excluding hydrogens is 1120 g/mol. The molecule has 4 heterocycles. The fourth-order valence-electron chi connectivity index (χ4n) is 7.74. The molecule has 13 heteroatoms. The van der Waals surface area contributed by atoms with Gasteiger partial charge in [0, 0.05) is 54.8 Å². The van der Waals surface area contributed by atoms with Crippen LogP contribution in [-0.4, -0.2) is 40.1 Å². The van der Waals surface area contributed by atoms with E-state index >= 15 is 0 Å². The van der Waals surface area contributed by atoms with E-state index in [1.165, 1.54) is 60.5 Å². The van der Waals surface area contributed by atoms with Crippen molar-refractivity contribution in [3.63, 3.8) is 0 Å². The van der Waals surface area contributed by atoms with E-state index in [0.717, 1.165) is 54.0 Å². The maximum absolute atomic E-state index is 12.7. The Morgan fingerprint density at radius 3 is 1.06 bits per heavy atom. The number of fused-ring (bicyclic) bond motifs is 2. The number of pyridine rings is 1. The SMILES string of the molecule is Cc1c(F)c(F)c(C)c(F)c1F.Cc1ccc(C)c2ccccc12.Cc1ccc(C)cc1.Cc1ccc(C)nc1.Cc1ccc2cc(C)ccc2c1.Cc1cnc(C)nc1.Cc1nc(C)nc(-c2ccccc2)n1.Cc1nnc(C)o1.[2H]c1c([2H])c(C)c([2H])c([2H])c1C. The third kappa shape index (κ3) is 25.7. The number of benzene rings is 8. The molecule has 0 unspecified atom stereocenters. The molecule has 0 fully saturated rings. The number of hydrogen-bond acceptors (Lipinski definition) is 9. The van der Waals surface area contributed by atoms with Crippen molar-refractivity contribution in [2.45, 2.75) is 125 Å². The van der Waals surface area contributed by atoms with Gasteiger partial charge in [0.05, 0.1) is 5.48 Å². The molecule has 0 aliphatic carbocycles. The first kappa shape index (κ1) is 65.4. The third-order valence-corrected chi connectivity index (χ3v) is 12.8. The molecule has 0 amide bonds. The topological polar surface area (TPSA) is 116 Å². The van der Waals surface area contributed by atoms with Gasteiger partial charge in [0.25, 0.3) is 0 Å². The van der Waals surface area contributed by atoms with Crippen molar-refractivity contribution in [1.29, 1.82) is 0 Å². The van der Waals surface area contributed by atoms with Gasteiger partial charge in [-0.05, 0) is 161 Å². The largest absolute Gasteiger partial charge is 0.426 e. The number of aryl methyl sites for hydroxylation is 14. The second-order valence-corrected chi connectivity index (χ2v) is 21.3. The van der Waals surface area contributed by atoms with Crippen LogP contribution in [-0.2, 0) is 0 Å². The predicted octanol–water partition coefficient (Wildman–Crippen LogP) is 20.0. The van der Waals surface area contributed by atoms with Crippen LogP contribution in [0.25, 0.3) is 32.9 Å². The van der Waals surface area contributed by atoms with E-state index in [4.69, 9.17) is 9.90 Å². The molecule has 0 atom stereocenters. The Labute approximate surface area is 530 Å². The highest BCUT2D eigenvalue weighted by Crippen LogP contribution is 2.23. The summed E-state index contributed by atoms with van der Waals surface area (Å²) in [4.78, 5) is 24.7. The van der Waals surface area contributed by atoms with Gasteiger partial charge < -0.3 is 4.42 Å². The molecule has 0 radical (unpaired) electrons. The minimum absolute atomic E-state index is 0.0634. The van der Waals surface area contributed by atoms with Gasteiger partial charge in [0.15, 0.2) is 29.1 Å². The standard InChI is InChI=1S/2C12H12.C11H11N3.C8H6F4.2C8H10.C7H9N.C6H8N2.C4H6N2O/c1-9-3-5-12-8-10(2)4-6-11(12)7-9;1-9-7-8-10(2)12-6-4-3-5-11(9)12;1-8-12-9(2)14-11(13-8)10-6-4-3-5-7-10;1-3-5(9)7(11)4(2)8(12)6(3)10;2*1-7-3-5-8(2)6-4-7;1-6-3-4-7(2)8-5-6;1-5-3-7-6(2)8-4-5;1-3-5-6-4(2)7-3/h2*3-8H,1-2H3;3-7H,1-2H3;1-2H3;2*3-6H,1-2H3;3-5H,1-2H3;3-4H,1-2H3;1-2H3/i;;;;3D,4D,5D,6D;;;;. The Morgan fingerprint density at radius 2 is 0.708 bits per heavy atom. The molecule has 0 spiro atoms. The fourth-order valence-corrected chi connectivity index (χ4v) is 7.74. The van der Waals surface area contributed by atoms with E-state index in [1.807, 2.05) is 96.5 Å². The molecule has 0 saturated carbocycles. The average molecular weight is 1210 g/mol. The Morgan fingerprint density at radius 1 is 0.337 bits per heavy atom. The molecule has 0 aliphatic heterocycles. The first-order valence-corrected chi connectivity index (χ1v) is 28.8. The van der Waals surface area contributed by atoms with E-state index in [9.17, 15) is 17.6 Å². The zero-order valence-corrected chi connectivity index (χ0v) is 54.5. The molecule has 0 N–H and O–H groups in total. The fraction of sp³-hybridized carbons (Fsp3) is 0.237. The van der Waals surface area contributed by atoms with Crippen molar-refractivity contribution in [3.8, 4) is 11.4 Å². The van der Waals surface area contributed by atoms with Crippen molar-refractivity contribution >= 4 is 21.5 Å². The van der Waals surface area contributed by atoms with Crippen molar-refractivity contribution in [2.24, 2.45) is 0 Å². The van der Waals surface area contributed by atoms with Crippen LogP contribution >= 0.6 is 0 Å². The lowest BCUT2D eigenvalue weighted by atomic mass is 10.0. The highest BCUT2D eigenvalue weighted by atomic mass is 19.2. The lowest BCUT2D eigenvalue weighted by Gasteiger charge is -2.04. The minimum atomic E-state index is -1.33. The van der Waals surface area contributed by atoms with Crippen LogP contribution in [0.2, 0.25) is 0 Å². The van der Waals surface area contributed by atoms with Crippen molar-refractivity contribution in [2.75, 3.05) is 0 Å². The van der Waals surface area contributed by atoms with Gasteiger partial charge in [-0.15, -0.1) is 10.2 Å². The summed E-state index contributed by atoms with van der Waals surface area (Å²) in [5.41, 5.74) is 12.0. The molecule has 0 saturated heterocycles. The molecule has 8 aromatic carbocycles. The number of rotatable bonds is 1. The first-order chi connectivity index (χ1) is 43.9.